The minimum Gasteiger partial charge on any atom is -0.479 e. The summed E-state index contributed by atoms with van der Waals surface area (Å²) >= 11 is 0. The number of aliphatic hydroxyl groups is 2. The molecule has 6 rings (SSSR count). The van der Waals surface area contributed by atoms with Crippen molar-refractivity contribution in [1.29, 1.82) is 0 Å². The van der Waals surface area contributed by atoms with Gasteiger partial charge in [-0.1, -0.05) is 19.9 Å². The molecule has 5 N–H and O–H groups in total. The quantitative estimate of drug-likeness (QED) is 0.0997. The van der Waals surface area contributed by atoms with Crippen LogP contribution in [0.4, 0.5) is 14.7 Å². The zero-order chi connectivity index (χ0) is 37.4. The van der Waals surface area contributed by atoms with Gasteiger partial charge in [0.05, 0.1) is 25.6 Å². The molecule has 6 atom stereocenters. The Kier molecular flexibility index (Phi) is 10.4. The van der Waals surface area contributed by atoms with E-state index in [2.05, 4.69) is 25.0 Å². The van der Waals surface area contributed by atoms with Gasteiger partial charge in [-0.3, -0.25) is 18.9 Å². The number of aliphatic hydroxyl groups excluding tert-OH is 1. The van der Waals surface area contributed by atoms with Crippen LogP contribution in [0.1, 0.15) is 32.6 Å². The number of hydrogen-bond acceptors (Lipinski definition) is 14. The van der Waals surface area contributed by atoms with Crippen LogP contribution in [0.2, 0.25) is 0 Å². The number of methoxy groups -OCH3 is 1. The average molecular weight is 744 g/mol. The summed E-state index contributed by atoms with van der Waals surface area (Å²) in [5, 5.41) is 26.0. The van der Waals surface area contributed by atoms with E-state index in [-0.39, 0.29) is 34.3 Å². The lowest BCUT2D eigenvalue weighted by molar-refractivity contribution is -0.148. The Hall–Kier alpha value is -4.84. The number of rotatable bonds is 13. The number of aromatic nitrogens is 5. The molecule has 0 amide bonds. The van der Waals surface area contributed by atoms with Gasteiger partial charge in [-0.15, -0.1) is 0 Å². The molecule has 0 bridgehead atoms. The lowest BCUT2D eigenvalue weighted by Crippen LogP contribution is -2.45. The number of esters is 1. The second-order valence-electron chi connectivity index (χ2n) is 12.5. The molecule has 2 aromatic carbocycles. The number of hydrogen-bond donors (Lipinski definition) is 4. The van der Waals surface area contributed by atoms with Crippen molar-refractivity contribution in [3.8, 4) is 11.6 Å². The van der Waals surface area contributed by atoms with Gasteiger partial charge in [0.25, 0.3) is 0 Å². The molecule has 0 aliphatic carbocycles. The van der Waals surface area contributed by atoms with Gasteiger partial charge in [-0.2, -0.15) is 15.1 Å². The number of nitrogens with one attached hydrogen (secondary N) is 1. The molecular formula is C33H36F2N7O9P. The van der Waals surface area contributed by atoms with E-state index < -0.39 is 74.6 Å². The number of anilines is 1. The molecule has 1 aliphatic heterocycles. The molecule has 4 heterocycles. The van der Waals surface area contributed by atoms with Crippen molar-refractivity contribution in [3.05, 3.63) is 78.3 Å². The topological polar surface area (TPSA) is 215 Å². The number of pyridine rings is 1. The molecule has 0 saturated carbocycles. The van der Waals surface area contributed by atoms with Crippen LogP contribution >= 0.6 is 7.75 Å². The number of imidazole rings is 1. The van der Waals surface area contributed by atoms with Gasteiger partial charge in [0, 0.05) is 23.2 Å². The number of fused-ring (bicyclic) bond motifs is 2. The normalized spacial score (nSPS) is 22.1. The van der Waals surface area contributed by atoms with Gasteiger partial charge >= 0.3 is 13.7 Å². The maximum atomic E-state index is 14.6. The van der Waals surface area contributed by atoms with Crippen molar-refractivity contribution in [2.45, 2.75) is 57.5 Å². The number of nitrogens with two attached hydrogens (primary N) is 1. The lowest BCUT2D eigenvalue weighted by Gasteiger charge is -2.28. The second-order valence-corrected chi connectivity index (χ2v) is 14.2. The monoisotopic (exact) mass is 743 g/mol. The highest BCUT2D eigenvalue weighted by atomic mass is 31.2. The van der Waals surface area contributed by atoms with Crippen molar-refractivity contribution < 1.29 is 51.6 Å². The minimum atomic E-state index is -4.59. The zero-order valence-corrected chi connectivity index (χ0v) is 29.2. The van der Waals surface area contributed by atoms with Crippen molar-refractivity contribution in [3.63, 3.8) is 0 Å². The maximum absolute atomic E-state index is 14.6. The van der Waals surface area contributed by atoms with Crippen LogP contribution in [0.5, 0.6) is 11.6 Å². The molecule has 1 saturated heterocycles. The number of carbonyl (C=O) groups excluding carboxylic acids is 1. The summed E-state index contributed by atoms with van der Waals surface area (Å²) in [6, 6.07) is 9.65. The standard InChI is InChI=1S/C33H36F2N7O9P/c1-17(2)25(30(44)48-14-19-7-8-20(34)13-22(19)35)41-52(46,51-21-9-10-23-18(12-21)6-5-11-37-23)49-15-24-27(43)33(3,45)31(50-24)42-16-38-26-28(42)39-32(36)40-29(26)47-4/h5-13,16-17,24-25,27,31,43,45H,14-15H2,1-4H3,(H,41,46)(H2,36,39,40). The van der Waals surface area contributed by atoms with E-state index in [0.29, 0.717) is 17.0 Å². The van der Waals surface area contributed by atoms with Crippen molar-refractivity contribution in [1.82, 2.24) is 29.6 Å². The lowest BCUT2D eigenvalue weighted by atomic mass is 9.96. The number of halogens is 2. The van der Waals surface area contributed by atoms with Crippen LogP contribution in [0.25, 0.3) is 22.1 Å². The summed E-state index contributed by atoms with van der Waals surface area (Å²) in [6.45, 7) is 3.43. The van der Waals surface area contributed by atoms with Gasteiger partial charge in [0.15, 0.2) is 17.4 Å². The molecular weight excluding hydrogens is 707 g/mol. The number of nitrogens with zero attached hydrogens (tertiary/aromatic N) is 5. The van der Waals surface area contributed by atoms with E-state index in [0.717, 1.165) is 12.1 Å². The Morgan fingerprint density at radius 1 is 1.17 bits per heavy atom. The Morgan fingerprint density at radius 3 is 2.69 bits per heavy atom. The third kappa shape index (κ3) is 7.53. The highest BCUT2D eigenvalue weighted by Gasteiger charge is 2.54. The number of carbonyl (C=O) groups is 1. The first-order valence-corrected chi connectivity index (χ1v) is 17.5. The Bertz CT molecular complexity index is 2150. The predicted octanol–water partition coefficient (Wildman–Crippen LogP) is 3.81. The van der Waals surface area contributed by atoms with E-state index in [4.69, 9.17) is 29.0 Å². The third-order valence-corrected chi connectivity index (χ3v) is 9.95. The first kappa shape index (κ1) is 36.9. The summed E-state index contributed by atoms with van der Waals surface area (Å²) in [4.78, 5) is 30.0. The van der Waals surface area contributed by atoms with Crippen molar-refractivity contribution >= 4 is 41.7 Å². The van der Waals surface area contributed by atoms with Gasteiger partial charge in [0.2, 0.25) is 11.8 Å². The van der Waals surface area contributed by atoms with E-state index in [9.17, 15) is 28.4 Å². The van der Waals surface area contributed by atoms with Crippen LogP contribution in [0.15, 0.2) is 61.1 Å². The third-order valence-electron chi connectivity index (χ3n) is 8.42. The predicted molar refractivity (Wildman–Crippen MR) is 181 cm³/mol. The molecule has 52 heavy (non-hydrogen) atoms. The van der Waals surface area contributed by atoms with E-state index in [1.165, 1.54) is 31.0 Å². The van der Waals surface area contributed by atoms with Crippen molar-refractivity contribution in [2.24, 2.45) is 5.92 Å². The minimum absolute atomic E-state index is 0.0778. The molecule has 6 unspecified atom stereocenters. The highest BCUT2D eigenvalue weighted by molar-refractivity contribution is 7.52. The van der Waals surface area contributed by atoms with Crippen LogP contribution in [0, 0.1) is 17.6 Å². The van der Waals surface area contributed by atoms with Crippen LogP contribution in [-0.4, -0.2) is 78.3 Å². The average Bonchev–Trinajstić information content (AvgIpc) is 3.61. The Labute approximate surface area is 295 Å². The molecule has 5 aromatic rings. The Morgan fingerprint density at radius 2 is 1.96 bits per heavy atom. The molecule has 1 aliphatic rings. The number of benzene rings is 2. The molecule has 276 valence electrons. The SMILES string of the molecule is COc1nc(N)nc2c1ncn2C1OC(COP(=O)(NC(C(=O)OCc2ccc(F)cc2F)C(C)C)Oc2ccc3ncccc3c2)C(O)C1(C)O. The molecule has 19 heteroatoms. The van der Waals surface area contributed by atoms with Crippen molar-refractivity contribution in [2.75, 3.05) is 19.5 Å². The second kappa shape index (κ2) is 14.7. The summed E-state index contributed by atoms with van der Waals surface area (Å²) in [6.07, 6.45) is -1.32. The Balaban J connectivity index is 1.26. The smallest absolute Gasteiger partial charge is 0.459 e. The van der Waals surface area contributed by atoms with Gasteiger partial charge in [-0.25, -0.2) is 18.3 Å². The molecule has 0 spiro atoms. The van der Waals surface area contributed by atoms with E-state index in [1.54, 1.807) is 44.3 Å². The van der Waals surface area contributed by atoms with E-state index >= 15 is 0 Å². The van der Waals surface area contributed by atoms with Gasteiger partial charge in [0.1, 0.15) is 47.8 Å². The highest BCUT2D eigenvalue weighted by Crippen LogP contribution is 2.48. The fraction of sp³-hybridized carbons (Fsp3) is 0.364. The fourth-order valence-electron chi connectivity index (χ4n) is 5.63. The summed E-state index contributed by atoms with van der Waals surface area (Å²) < 4.78 is 71.9. The molecule has 0 radical (unpaired) electrons. The summed E-state index contributed by atoms with van der Waals surface area (Å²) in [5.41, 5.74) is 4.78. The fourth-order valence-corrected chi connectivity index (χ4v) is 7.29. The first-order valence-electron chi connectivity index (χ1n) is 16.0. The maximum Gasteiger partial charge on any atom is 0.459 e. The summed E-state index contributed by atoms with van der Waals surface area (Å²) in [7, 11) is -3.22. The van der Waals surface area contributed by atoms with E-state index in [1.807, 2.05) is 0 Å². The molecule has 3 aromatic heterocycles. The van der Waals surface area contributed by atoms with Crippen LogP contribution < -0.4 is 20.1 Å². The first-order chi connectivity index (χ1) is 24.7. The zero-order valence-electron chi connectivity index (χ0n) is 28.3. The number of ether oxygens (including phenoxy) is 3. The molecule has 16 nitrogen and oxygen atoms in total. The van der Waals surface area contributed by atoms with Crippen LogP contribution in [-0.2, 0) is 30.0 Å². The number of nitrogen functional groups attached to an aromatic ring is 1. The van der Waals surface area contributed by atoms with Gasteiger partial charge < -0.3 is 34.7 Å². The van der Waals surface area contributed by atoms with Gasteiger partial charge in [-0.05, 0) is 49.2 Å². The molecule has 1 fully saturated rings. The summed E-state index contributed by atoms with van der Waals surface area (Å²) in [5.74, 6) is -3.20. The largest absolute Gasteiger partial charge is 0.479 e. The van der Waals surface area contributed by atoms with Crippen LogP contribution in [0.3, 0.4) is 0 Å².